The van der Waals surface area contributed by atoms with Crippen molar-refractivity contribution in [3.05, 3.63) is 54.1 Å². The molecule has 2 aromatic carbocycles. The van der Waals surface area contributed by atoms with Gasteiger partial charge in [0.15, 0.2) is 0 Å². The molecule has 1 saturated heterocycles. The average Bonchev–Trinajstić information content (AvgIpc) is 3.39. The molecule has 0 bridgehead atoms. The predicted octanol–water partition coefficient (Wildman–Crippen LogP) is 5.62. The fourth-order valence-electron chi connectivity index (χ4n) is 4.26. The number of piperidine rings is 1. The molecule has 3 aromatic rings. The summed E-state index contributed by atoms with van der Waals surface area (Å²) in [7, 11) is 1.75. The van der Waals surface area contributed by atoms with Crippen molar-refractivity contribution in [2.75, 3.05) is 44.9 Å². The summed E-state index contributed by atoms with van der Waals surface area (Å²) in [5.41, 5.74) is 3.40. The van der Waals surface area contributed by atoms with Crippen LogP contribution in [0.25, 0.3) is 21.1 Å². The third kappa shape index (κ3) is 7.10. The van der Waals surface area contributed by atoms with Crippen molar-refractivity contribution in [1.82, 2.24) is 10.2 Å². The summed E-state index contributed by atoms with van der Waals surface area (Å²) in [4.78, 5) is 13.5. The zero-order valence-corrected chi connectivity index (χ0v) is 21.0. The second kappa shape index (κ2) is 12.8. The number of carbonyl (C=O) groups is 1. The molecule has 0 aliphatic carbocycles. The normalized spacial score (nSPS) is 14.4. The van der Waals surface area contributed by atoms with Gasteiger partial charge in [0.1, 0.15) is 10.0 Å². The highest BCUT2D eigenvalue weighted by Gasteiger charge is 2.20. The Morgan fingerprint density at radius 3 is 2.14 bits per heavy atom. The second-order valence-corrected chi connectivity index (χ2v) is 9.88. The molecule has 0 spiro atoms. The fourth-order valence-corrected chi connectivity index (χ4v) is 5.12. The SMILES string of the molecule is COCCCCCOCC1CCN(c2ccc(-c3nnc(-c4ccc(C(=O)O)cc4)s3)cc2)CC1. The molecule has 8 heteroatoms. The Kier molecular flexibility index (Phi) is 9.22. The number of rotatable bonds is 12. The average molecular weight is 496 g/mol. The van der Waals surface area contributed by atoms with Gasteiger partial charge >= 0.3 is 5.97 Å². The number of carboxylic acid groups (broad SMARTS) is 1. The molecular weight excluding hydrogens is 462 g/mol. The molecule has 0 radical (unpaired) electrons. The molecule has 4 rings (SSSR count). The topological polar surface area (TPSA) is 84.8 Å². The number of aromatic carboxylic acids is 1. The van der Waals surface area contributed by atoms with Gasteiger partial charge in [0, 0.05) is 56.8 Å². The number of benzene rings is 2. The van der Waals surface area contributed by atoms with Gasteiger partial charge in [0.05, 0.1) is 5.56 Å². The van der Waals surface area contributed by atoms with Gasteiger partial charge in [0.2, 0.25) is 0 Å². The first-order chi connectivity index (χ1) is 17.1. The van der Waals surface area contributed by atoms with Crippen LogP contribution in [-0.4, -0.2) is 61.3 Å². The van der Waals surface area contributed by atoms with Crippen LogP contribution < -0.4 is 4.90 Å². The summed E-state index contributed by atoms with van der Waals surface area (Å²) >= 11 is 1.51. The Labute approximate surface area is 210 Å². The van der Waals surface area contributed by atoms with E-state index in [9.17, 15) is 4.79 Å². The Morgan fingerprint density at radius 2 is 1.54 bits per heavy atom. The van der Waals surface area contributed by atoms with Gasteiger partial charge in [-0.2, -0.15) is 0 Å². The van der Waals surface area contributed by atoms with E-state index in [1.54, 1.807) is 31.4 Å². The zero-order valence-electron chi connectivity index (χ0n) is 20.2. The Balaban J connectivity index is 1.24. The number of carboxylic acids is 1. The molecule has 0 amide bonds. The van der Waals surface area contributed by atoms with E-state index in [4.69, 9.17) is 14.6 Å². The third-order valence-electron chi connectivity index (χ3n) is 6.39. The highest BCUT2D eigenvalue weighted by Crippen LogP contribution is 2.32. The molecule has 1 N–H and O–H groups in total. The lowest BCUT2D eigenvalue weighted by molar-refractivity contribution is 0.0697. The van der Waals surface area contributed by atoms with Gasteiger partial charge in [0.25, 0.3) is 0 Å². The quantitative estimate of drug-likeness (QED) is 0.326. The highest BCUT2D eigenvalue weighted by molar-refractivity contribution is 7.17. The van der Waals surface area contributed by atoms with E-state index in [-0.39, 0.29) is 5.56 Å². The van der Waals surface area contributed by atoms with Crippen LogP contribution in [0.1, 0.15) is 42.5 Å². The molecule has 35 heavy (non-hydrogen) atoms. The first-order valence-electron chi connectivity index (χ1n) is 12.2. The lowest BCUT2D eigenvalue weighted by Gasteiger charge is -2.33. The number of hydrogen-bond acceptors (Lipinski definition) is 7. The number of unbranched alkanes of at least 4 members (excludes halogenated alkanes) is 2. The maximum absolute atomic E-state index is 11.0. The molecule has 0 unspecified atom stereocenters. The van der Waals surface area contributed by atoms with Crippen LogP contribution in [0.4, 0.5) is 5.69 Å². The van der Waals surface area contributed by atoms with E-state index >= 15 is 0 Å². The summed E-state index contributed by atoms with van der Waals surface area (Å²) < 4.78 is 11.0. The van der Waals surface area contributed by atoms with E-state index < -0.39 is 5.97 Å². The van der Waals surface area contributed by atoms with Crippen LogP contribution in [0.2, 0.25) is 0 Å². The van der Waals surface area contributed by atoms with Gasteiger partial charge in [-0.05, 0) is 74.4 Å². The van der Waals surface area contributed by atoms with Crippen molar-refractivity contribution in [2.24, 2.45) is 5.92 Å². The van der Waals surface area contributed by atoms with E-state index in [0.717, 1.165) is 79.7 Å². The summed E-state index contributed by atoms with van der Waals surface area (Å²) in [6, 6.07) is 15.3. The minimum atomic E-state index is -0.934. The second-order valence-electron chi connectivity index (χ2n) is 8.90. The number of anilines is 1. The lowest BCUT2D eigenvalue weighted by atomic mass is 9.97. The lowest BCUT2D eigenvalue weighted by Crippen LogP contribution is -2.35. The fraction of sp³-hybridized carbons (Fsp3) is 0.444. The van der Waals surface area contributed by atoms with E-state index in [1.807, 2.05) is 0 Å². The van der Waals surface area contributed by atoms with Crippen LogP contribution in [-0.2, 0) is 9.47 Å². The summed E-state index contributed by atoms with van der Waals surface area (Å²) in [6.07, 6.45) is 5.71. The standard InChI is InChI=1S/C27H33N3O4S/c1-33-17-3-2-4-18-34-19-20-13-15-30(16-14-20)24-11-9-22(10-12-24)26-29-28-25(35-26)21-5-7-23(8-6-21)27(31)32/h5-12,20H,2-4,13-19H2,1H3,(H,31,32). The molecule has 1 fully saturated rings. The number of methoxy groups -OCH3 is 1. The Morgan fingerprint density at radius 1 is 0.943 bits per heavy atom. The minimum absolute atomic E-state index is 0.263. The predicted molar refractivity (Wildman–Crippen MR) is 139 cm³/mol. The van der Waals surface area contributed by atoms with Crippen molar-refractivity contribution in [3.63, 3.8) is 0 Å². The van der Waals surface area contributed by atoms with Crippen LogP contribution in [0, 0.1) is 5.92 Å². The van der Waals surface area contributed by atoms with Crippen LogP contribution in [0.3, 0.4) is 0 Å². The Hall–Kier alpha value is -2.81. The smallest absolute Gasteiger partial charge is 0.335 e. The van der Waals surface area contributed by atoms with Crippen LogP contribution in [0.15, 0.2) is 48.5 Å². The van der Waals surface area contributed by atoms with Crippen molar-refractivity contribution in [1.29, 1.82) is 0 Å². The molecule has 186 valence electrons. The molecule has 0 saturated carbocycles. The van der Waals surface area contributed by atoms with Crippen molar-refractivity contribution in [2.45, 2.75) is 32.1 Å². The molecule has 7 nitrogen and oxygen atoms in total. The number of ether oxygens (including phenoxy) is 2. The number of hydrogen-bond donors (Lipinski definition) is 1. The van der Waals surface area contributed by atoms with Crippen molar-refractivity contribution in [3.8, 4) is 21.1 Å². The zero-order chi connectivity index (χ0) is 24.5. The maximum atomic E-state index is 11.0. The van der Waals surface area contributed by atoms with Gasteiger partial charge in [-0.1, -0.05) is 23.5 Å². The van der Waals surface area contributed by atoms with Gasteiger partial charge in [-0.15, -0.1) is 10.2 Å². The molecule has 1 aliphatic heterocycles. The third-order valence-corrected chi connectivity index (χ3v) is 7.41. The maximum Gasteiger partial charge on any atom is 0.335 e. The van der Waals surface area contributed by atoms with Crippen molar-refractivity contribution < 1.29 is 19.4 Å². The van der Waals surface area contributed by atoms with E-state index in [0.29, 0.717) is 5.92 Å². The first-order valence-corrected chi connectivity index (χ1v) is 13.0. The Bertz CT molecular complexity index is 1060. The minimum Gasteiger partial charge on any atom is -0.478 e. The largest absolute Gasteiger partial charge is 0.478 e. The first kappa shape index (κ1) is 25.3. The van der Waals surface area contributed by atoms with Gasteiger partial charge in [-0.3, -0.25) is 0 Å². The van der Waals surface area contributed by atoms with Crippen LogP contribution >= 0.6 is 11.3 Å². The van der Waals surface area contributed by atoms with Gasteiger partial charge in [-0.25, -0.2) is 4.79 Å². The van der Waals surface area contributed by atoms with Crippen molar-refractivity contribution >= 4 is 23.0 Å². The highest BCUT2D eigenvalue weighted by atomic mass is 32.1. The molecule has 0 atom stereocenters. The molecular formula is C27H33N3O4S. The number of aromatic nitrogens is 2. The van der Waals surface area contributed by atoms with E-state index in [1.165, 1.54) is 23.4 Å². The molecule has 2 heterocycles. The molecule has 1 aliphatic rings. The van der Waals surface area contributed by atoms with Gasteiger partial charge < -0.3 is 19.5 Å². The summed E-state index contributed by atoms with van der Waals surface area (Å²) in [6.45, 7) is 4.67. The van der Waals surface area contributed by atoms with E-state index in [2.05, 4.69) is 39.4 Å². The molecule has 1 aromatic heterocycles. The number of nitrogens with zero attached hydrogens (tertiary/aromatic N) is 3. The summed E-state index contributed by atoms with van der Waals surface area (Å²) in [5.74, 6) is -0.287. The summed E-state index contributed by atoms with van der Waals surface area (Å²) in [5, 5.41) is 19.3. The van der Waals surface area contributed by atoms with Crippen LogP contribution in [0.5, 0.6) is 0 Å². The monoisotopic (exact) mass is 495 g/mol.